The third-order valence-corrected chi connectivity index (χ3v) is 10.8. The van der Waals surface area contributed by atoms with Crippen LogP contribution in [0.4, 0.5) is 19.3 Å². The Morgan fingerprint density at radius 1 is 0.917 bits per heavy atom. The molecule has 0 bridgehead atoms. The summed E-state index contributed by atoms with van der Waals surface area (Å²) in [6.45, 7) is 4.34. The van der Waals surface area contributed by atoms with E-state index in [1.54, 1.807) is 17.9 Å². The SMILES string of the molecule is COC(=O)N1CC[C@H]1C(=O)N[C@@H](C(=O)N1CCN(C)CC1)[C@@H](C)c1ccc(NC(=O)[C@@H](NC(=O)C2(F)CC2)C(C2CC2)C2CC2)c(F)c1. The number of carbonyl (C=O) groups excluding carboxylic acids is 5. The molecule has 2 aliphatic heterocycles. The number of ether oxygens (including phenoxy) is 1. The van der Waals surface area contributed by atoms with Gasteiger partial charge >= 0.3 is 6.09 Å². The van der Waals surface area contributed by atoms with Crippen LogP contribution < -0.4 is 16.0 Å². The minimum Gasteiger partial charge on any atom is -0.453 e. The summed E-state index contributed by atoms with van der Waals surface area (Å²) in [5, 5.41) is 8.16. The van der Waals surface area contributed by atoms with Crippen LogP contribution in [0.15, 0.2) is 18.2 Å². The summed E-state index contributed by atoms with van der Waals surface area (Å²) in [5.41, 5.74) is -1.62. The van der Waals surface area contributed by atoms with Crippen molar-refractivity contribution in [3.8, 4) is 0 Å². The van der Waals surface area contributed by atoms with Crippen molar-refractivity contribution in [1.29, 1.82) is 0 Å². The highest BCUT2D eigenvalue weighted by Gasteiger charge is 2.54. The molecule has 0 radical (unpaired) electrons. The van der Waals surface area contributed by atoms with Gasteiger partial charge in [0, 0.05) is 38.6 Å². The van der Waals surface area contributed by atoms with E-state index in [0.29, 0.717) is 44.7 Å². The molecule has 1 aromatic rings. The zero-order chi connectivity index (χ0) is 34.3. The van der Waals surface area contributed by atoms with E-state index in [1.807, 2.05) is 7.05 Å². The molecule has 6 rings (SSSR count). The maximum Gasteiger partial charge on any atom is 0.410 e. The van der Waals surface area contributed by atoms with Gasteiger partial charge in [0.25, 0.3) is 5.91 Å². The predicted octanol–water partition coefficient (Wildman–Crippen LogP) is 2.39. The van der Waals surface area contributed by atoms with E-state index in [0.717, 1.165) is 25.7 Å². The fourth-order valence-electron chi connectivity index (χ4n) is 7.02. The van der Waals surface area contributed by atoms with Gasteiger partial charge in [-0.3, -0.25) is 24.1 Å². The number of likely N-dealkylation sites (tertiary alicyclic amines) is 1. The summed E-state index contributed by atoms with van der Waals surface area (Å²) in [6, 6.07) is 1.43. The number of nitrogens with one attached hydrogen (secondary N) is 3. The van der Waals surface area contributed by atoms with Crippen molar-refractivity contribution in [2.24, 2.45) is 17.8 Å². The highest BCUT2D eigenvalue weighted by Crippen LogP contribution is 2.51. The molecule has 0 spiro atoms. The Morgan fingerprint density at radius 2 is 1.56 bits per heavy atom. The Bertz CT molecular complexity index is 1430. The summed E-state index contributed by atoms with van der Waals surface area (Å²) < 4.78 is 35.1. The molecular weight excluding hydrogens is 626 g/mol. The molecule has 12 nitrogen and oxygen atoms in total. The van der Waals surface area contributed by atoms with E-state index >= 15 is 4.39 Å². The first kappa shape index (κ1) is 34.1. The zero-order valence-corrected chi connectivity index (χ0v) is 27.8. The lowest BCUT2D eigenvalue weighted by Crippen LogP contribution is -2.62. The Balaban J connectivity index is 1.19. The molecule has 1 aromatic carbocycles. The predicted molar refractivity (Wildman–Crippen MR) is 171 cm³/mol. The molecular formula is C34H46F2N6O6. The summed E-state index contributed by atoms with van der Waals surface area (Å²) in [5.74, 6) is -3.19. The third kappa shape index (κ3) is 7.28. The molecule has 0 aromatic heterocycles. The minimum atomic E-state index is -1.94. The Labute approximate surface area is 279 Å². The van der Waals surface area contributed by atoms with Crippen LogP contribution in [0.2, 0.25) is 0 Å². The molecule has 48 heavy (non-hydrogen) atoms. The number of alkyl halides is 1. The second kappa shape index (κ2) is 13.6. The number of halogens is 2. The number of nitrogens with zero attached hydrogens (tertiary/aromatic N) is 3. The molecule has 262 valence electrons. The number of methoxy groups -OCH3 is 1. The highest BCUT2D eigenvalue weighted by molar-refractivity contribution is 5.99. The smallest absolute Gasteiger partial charge is 0.410 e. The number of benzene rings is 1. The van der Waals surface area contributed by atoms with Gasteiger partial charge in [0.2, 0.25) is 17.7 Å². The number of anilines is 1. The van der Waals surface area contributed by atoms with Gasteiger partial charge in [-0.15, -0.1) is 0 Å². The lowest BCUT2D eigenvalue weighted by molar-refractivity contribution is -0.140. The van der Waals surface area contributed by atoms with E-state index in [9.17, 15) is 28.4 Å². The minimum absolute atomic E-state index is 0.101. The van der Waals surface area contributed by atoms with E-state index < -0.39 is 59.3 Å². The van der Waals surface area contributed by atoms with Crippen molar-refractivity contribution in [3.05, 3.63) is 29.6 Å². The molecule has 14 heteroatoms. The van der Waals surface area contributed by atoms with Gasteiger partial charge in [-0.2, -0.15) is 0 Å². The van der Waals surface area contributed by atoms with Crippen LogP contribution in [0.5, 0.6) is 0 Å². The largest absolute Gasteiger partial charge is 0.453 e. The van der Waals surface area contributed by atoms with Crippen LogP contribution in [0.3, 0.4) is 0 Å². The lowest BCUT2D eigenvalue weighted by Gasteiger charge is -2.40. The van der Waals surface area contributed by atoms with Gasteiger partial charge in [0.05, 0.1) is 12.8 Å². The summed E-state index contributed by atoms with van der Waals surface area (Å²) in [4.78, 5) is 70.7. The first-order valence-electron chi connectivity index (χ1n) is 17.1. The molecule has 3 aliphatic carbocycles. The van der Waals surface area contributed by atoms with Crippen LogP contribution in [-0.2, 0) is 23.9 Å². The van der Waals surface area contributed by atoms with Crippen LogP contribution in [-0.4, -0.2) is 115 Å². The Kier molecular flexibility index (Phi) is 9.65. The molecule has 3 N–H and O–H groups in total. The Hall–Kier alpha value is -3.81. The summed E-state index contributed by atoms with van der Waals surface area (Å²) in [7, 11) is 3.20. The molecule has 5 fully saturated rings. The maximum atomic E-state index is 15.7. The monoisotopic (exact) mass is 672 g/mol. The van der Waals surface area contributed by atoms with Crippen molar-refractivity contribution in [2.75, 3.05) is 52.2 Å². The number of piperazine rings is 1. The fraction of sp³-hybridized carbons (Fsp3) is 0.676. The van der Waals surface area contributed by atoms with Crippen LogP contribution >= 0.6 is 0 Å². The van der Waals surface area contributed by atoms with Gasteiger partial charge in [-0.25, -0.2) is 13.6 Å². The quantitative estimate of drug-likeness (QED) is 0.310. The fourth-order valence-corrected chi connectivity index (χ4v) is 7.02. The number of likely N-dealkylation sites (N-methyl/N-ethyl adjacent to an activating group) is 1. The summed E-state index contributed by atoms with van der Waals surface area (Å²) >= 11 is 0. The van der Waals surface area contributed by atoms with Crippen LogP contribution in [0, 0.1) is 23.6 Å². The molecule has 2 saturated heterocycles. The first-order valence-corrected chi connectivity index (χ1v) is 17.1. The lowest BCUT2D eigenvalue weighted by atomic mass is 9.88. The van der Waals surface area contributed by atoms with Crippen LogP contribution in [0.1, 0.15) is 63.4 Å². The van der Waals surface area contributed by atoms with Crippen molar-refractivity contribution < 1.29 is 37.5 Å². The summed E-state index contributed by atoms with van der Waals surface area (Å²) in [6.07, 6.45) is 3.80. The van der Waals surface area contributed by atoms with Crippen molar-refractivity contribution in [2.45, 2.75) is 81.6 Å². The zero-order valence-electron chi connectivity index (χ0n) is 27.8. The van der Waals surface area contributed by atoms with Gasteiger partial charge < -0.3 is 30.5 Å². The normalized spacial score (nSPS) is 23.8. The molecule has 2 heterocycles. The van der Waals surface area contributed by atoms with Gasteiger partial charge in [-0.1, -0.05) is 13.0 Å². The molecule has 5 aliphatic rings. The number of rotatable bonds is 12. The third-order valence-electron chi connectivity index (χ3n) is 10.8. The number of hydrogen-bond acceptors (Lipinski definition) is 7. The average Bonchev–Trinajstić information content (AvgIpc) is 3.89. The van der Waals surface area contributed by atoms with Crippen molar-refractivity contribution in [1.82, 2.24) is 25.3 Å². The van der Waals surface area contributed by atoms with Gasteiger partial charge in [0.1, 0.15) is 23.9 Å². The number of hydrogen-bond donors (Lipinski definition) is 3. The Morgan fingerprint density at radius 3 is 2.08 bits per heavy atom. The van der Waals surface area contributed by atoms with Gasteiger partial charge in [-0.05, 0) is 87.4 Å². The molecule has 3 saturated carbocycles. The van der Waals surface area contributed by atoms with E-state index in [4.69, 9.17) is 4.74 Å². The number of carbonyl (C=O) groups is 5. The van der Waals surface area contributed by atoms with Crippen molar-refractivity contribution in [3.63, 3.8) is 0 Å². The molecule has 5 amide bonds. The molecule has 4 atom stereocenters. The highest BCUT2D eigenvalue weighted by atomic mass is 19.1. The first-order chi connectivity index (χ1) is 22.9. The molecule has 0 unspecified atom stereocenters. The second-order valence-corrected chi connectivity index (χ2v) is 14.3. The maximum absolute atomic E-state index is 15.7. The van der Waals surface area contributed by atoms with Crippen molar-refractivity contribution >= 4 is 35.4 Å². The second-order valence-electron chi connectivity index (χ2n) is 14.3. The standard InChI is InChI=1S/C34H46F2N6O6/c1-19(27(31(45)41-16-14-40(2)15-17-41)38-29(43)25-10-13-42(25)33(47)48-3)22-8-9-24(23(35)18-22)37-30(44)28(39-32(46)34(36)11-12-34)26(20-4-5-20)21-6-7-21/h8-9,18-21,25-28H,4-7,10-17H2,1-3H3,(H,37,44)(H,38,43)(H,39,46)/t19-,25-,27+,28-/m0/s1. The average molecular weight is 673 g/mol. The van der Waals surface area contributed by atoms with Gasteiger partial charge in [0.15, 0.2) is 5.67 Å². The topological polar surface area (TPSA) is 140 Å². The van der Waals surface area contributed by atoms with E-state index in [2.05, 4.69) is 20.9 Å². The number of amides is 5. The van der Waals surface area contributed by atoms with E-state index in [1.165, 1.54) is 24.1 Å². The van der Waals surface area contributed by atoms with Crippen LogP contribution in [0.25, 0.3) is 0 Å². The van der Waals surface area contributed by atoms with E-state index in [-0.39, 0.29) is 42.2 Å².